The molecule has 0 saturated carbocycles. The Balaban J connectivity index is 1.87. The van der Waals surface area contributed by atoms with Gasteiger partial charge >= 0.3 is 0 Å². The molecular formula is C22H23N3O5S2. The summed E-state index contributed by atoms with van der Waals surface area (Å²) in [5, 5.41) is 12.7. The fraction of sp³-hybridized carbons (Fsp3) is 0.409. The summed E-state index contributed by atoms with van der Waals surface area (Å²) in [5.41, 5.74) is 0.939. The SMILES string of the molecule is CCc1c(C)sc2nc(Sc3ccc(C(C)=O)cc3[N+](=O)[O-])n(CC3CCCO3)c(=O)c12. The zero-order valence-corrected chi connectivity index (χ0v) is 19.7. The Morgan fingerprint density at radius 2 is 2.22 bits per heavy atom. The zero-order valence-electron chi connectivity index (χ0n) is 18.0. The van der Waals surface area contributed by atoms with Gasteiger partial charge in [-0.1, -0.05) is 6.92 Å². The van der Waals surface area contributed by atoms with E-state index in [1.807, 2.05) is 13.8 Å². The predicted octanol–water partition coefficient (Wildman–Crippen LogP) is 4.77. The molecule has 0 N–H and O–H groups in total. The Morgan fingerprint density at radius 3 is 2.84 bits per heavy atom. The first-order valence-electron chi connectivity index (χ1n) is 10.4. The Morgan fingerprint density at radius 1 is 1.44 bits per heavy atom. The zero-order chi connectivity index (χ0) is 23.0. The Labute approximate surface area is 192 Å². The van der Waals surface area contributed by atoms with E-state index in [0.29, 0.717) is 33.4 Å². The molecule has 0 amide bonds. The van der Waals surface area contributed by atoms with Gasteiger partial charge in [0.1, 0.15) is 4.83 Å². The van der Waals surface area contributed by atoms with Crippen molar-refractivity contribution in [2.24, 2.45) is 0 Å². The number of hydrogen-bond donors (Lipinski definition) is 0. The van der Waals surface area contributed by atoms with E-state index in [1.165, 1.54) is 24.3 Å². The summed E-state index contributed by atoms with van der Waals surface area (Å²) in [6.07, 6.45) is 2.43. The molecule has 2 aromatic heterocycles. The summed E-state index contributed by atoms with van der Waals surface area (Å²) < 4.78 is 7.35. The minimum Gasteiger partial charge on any atom is -0.376 e. The summed E-state index contributed by atoms with van der Waals surface area (Å²) >= 11 is 2.54. The number of nitro groups is 1. The highest BCUT2D eigenvalue weighted by Gasteiger charge is 2.25. The van der Waals surface area contributed by atoms with Crippen LogP contribution in [-0.4, -0.2) is 33.0 Å². The molecule has 3 aromatic rings. The Hall–Kier alpha value is -2.56. The standard InChI is InChI=1S/C22H23N3O5S2/c1-4-16-13(3)31-20-19(16)21(27)24(11-15-6-5-9-30-15)22(23-20)32-18-8-7-14(12(2)26)10-17(18)25(28)29/h7-8,10,15H,4-6,9,11H2,1-3H3. The first kappa shape index (κ1) is 22.6. The molecule has 1 unspecified atom stereocenters. The summed E-state index contributed by atoms with van der Waals surface area (Å²) in [4.78, 5) is 43.2. The van der Waals surface area contributed by atoms with Crippen molar-refractivity contribution in [2.75, 3.05) is 6.61 Å². The van der Waals surface area contributed by atoms with Crippen LogP contribution >= 0.6 is 23.1 Å². The van der Waals surface area contributed by atoms with Crippen LogP contribution in [0.5, 0.6) is 0 Å². The van der Waals surface area contributed by atoms with Crippen LogP contribution in [0.1, 0.15) is 47.5 Å². The molecule has 32 heavy (non-hydrogen) atoms. The lowest BCUT2D eigenvalue weighted by molar-refractivity contribution is -0.387. The first-order chi connectivity index (χ1) is 15.3. The number of ketones is 1. The first-order valence-corrected chi connectivity index (χ1v) is 12.0. The van der Waals surface area contributed by atoms with Gasteiger partial charge in [0.15, 0.2) is 10.9 Å². The molecule has 0 aliphatic carbocycles. The van der Waals surface area contributed by atoms with Crippen molar-refractivity contribution in [2.45, 2.75) is 62.7 Å². The van der Waals surface area contributed by atoms with E-state index in [4.69, 9.17) is 9.72 Å². The number of carbonyl (C=O) groups excluding carboxylic acids is 1. The highest BCUT2D eigenvalue weighted by atomic mass is 32.2. The summed E-state index contributed by atoms with van der Waals surface area (Å²) in [6, 6.07) is 4.38. The van der Waals surface area contributed by atoms with Crippen LogP contribution in [0.25, 0.3) is 10.2 Å². The van der Waals surface area contributed by atoms with Crippen LogP contribution in [0, 0.1) is 17.0 Å². The van der Waals surface area contributed by atoms with Crippen LogP contribution in [0.3, 0.4) is 0 Å². The Kier molecular flexibility index (Phi) is 6.45. The summed E-state index contributed by atoms with van der Waals surface area (Å²) in [5.74, 6) is -0.249. The van der Waals surface area contributed by atoms with Crippen LogP contribution < -0.4 is 5.56 Å². The monoisotopic (exact) mass is 473 g/mol. The van der Waals surface area contributed by atoms with Gasteiger partial charge in [0, 0.05) is 23.1 Å². The van der Waals surface area contributed by atoms with E-state index in [2.05, 4.69) is 0 Å². The lowest BCUT2D eigenvalue weighted by Gasteiger charge is -2.16. The fourth-order valence-electron chi connectivity index (χ4n) is 3.95. The fourth-order valence-corrected chi connectivity index (χ4v) is 6.09. The number of benzene rings is 1. The number of nitro benzene ring substituents is 1. The number of rotatable bonds is 7. The minimum absolute atomic E-state index is 0.0915. The largest absolute Gasteiger partial charge is 0.376 e. The van der Waals surface area contributed by atoms with E-state index in [0.717, 1.165) is 41.5 Å². The molecule has 8 nitrogen and oxygen atoms in total. The maximum Gasteiger partial charge on any atom is 0.284 e. The third-order valence-corrected chi connectivity index (χ3v) is 7.71. The van der Waals surface area contributed by atoms with Crippen molar-refractivity contribution in [1.29, 1.82) is 0 Å². The number of thiophene rings is 1. The van der Waals surface area contributed by atoms with Gasteiger partial charge in [-0.05, 0) is 62.6 Å². The third-order valence-electron chi connectivity index (χ3n) is 5.60. The molecule has 168 valence electrons. The number of fused-ring (bicyclic) bond motifs is 1. The van der Waals surface area contributed by atoms with Crippen LogP contribution in [0.15, 0.2) is 33.0 Å². The van der Waals surface area contributed by atoms with Gasteiger partial charge in [0.25, 0.3) is 11.2 Å². The van der Waals surface area contributed by atoms with Crippen molar-refractivity contribution in [3.8, 4) is 0 Å². The van der Waals surface area contributed by atoms with Gasteiger partial charge in [-0.2, -0.15) is 0 Å². The number of Topliss-reactive ketones (excluding diaryl/α,β-unsaturated/α-hetero) is 1. The smallest absolute Gasteiger partial charge is 0.284 e. The molecule has 0 radical (unpaired) electrons. The van der Waals surface area contributed by atoms with Gasteiger partial charge in [0.05, 0.1) is 27.9 Å². The topological polar surface area (TPSA) is 104 Å². The number of nitrogens with zero attached hydrogens (tertiary/aromatic N) is 3. The molecule has 1 aromatic carbocycles. The van der Waals surface area contributed by atoms with Crippen molar-refractivity contribution >= 4 is 44.8 Å². The third kappa shape index (κ3) is 4.22. The van der Waals surface area contributed by atoms with Crippen molar-refractivity contribution in [1.82, 2.24) is 9.55 Å². The van der Waals surface area contributed by atoms with Crippen LogP contribution in [0.4, 0.5) is 5.69 Å². The quantitative estimate of drug-likeness (QED) is 0.211. The summed E-state index contributed by atoms with van der Waals surface area (Å²) in [6.45, 7) is 6.37. The van der Waals surface area contributed by atoms with E-state index < -0.39 is 4.92 Å². The van der Waals surface area contributed by atoms with E-state index >= 15 is 0 Å². The second kappa shape index (κ2) is 9.13. The average molecular weight is 474 g/mol. The molecule has 10 heteroatoms. The van der Waals surface area contributed by atoms with Gasteiger partial charge in [0.2, 0.25) is 0 Å². The molecule has 1 aliphatic rings. The van der Waals surface area contributed by atoms with E-state index in [-0.39, 0.29) is 28.7 Å². The maximum atomic E-state index is 13.6. The lowest BCUT2D eigenvalue weighted by atomic mass is 10.1. The molecule has 3 heterocycles. The van der Waals surface area contributed by atoms with E-state index in [9.17, 15) is 19.7 Å². The molecule has 1 fully saturated rings. The maximum absolute atomic E-state index is 13.6. The van der Waals surface area contributed by atoms with Crippen LogP contribution in [0.2, 0.25) is 0 Å². The molecule has 1 atom stereocenters. The number of aromatic nitrogens is 2. The van der Waals surface area contributed by atoms with Crippen LogP contribution in [-0.2, 0) is 17.7 Å². The highest BCUT2D eigenvalue weighted by molar-refractivity contribution is 7.99. The second-order valence-corrected chi connectivity index (χ2v) is 9.93. The van der Waals surface area contributed by atoms with Gasteiger partial charge in [-0.3, -0.25) is 24.3 Å². The van der Waals surface area contributed by atoms with Crippen molar-refractivity contribution in [3.63, 3.8) is 0 Å². The number of carbonyl (C=O) groups is 1. The number of ether oxygens (including phenoxy) is 1. The molecule has 4 rings (SSSR count). The van der Waals surface area contributed by atoms with Gasteiger partial charge < -0.3 is 4.74 Å². The predicted molar refractivity (Wildman–Crippen MR) is 124 cm³/mol. The molecule has 1 aliphatic heterocycles. The van der Waals surface area contributed by atoms with Gasteiger partial charge in [-0.25, -0.2) is 4.98 Å². The van der Waals surface area contributed by atoms with Gasteiger partial charge in [-0.15, -0.1) is 11.3 Å². The van der Waals surface area contributed by atoms with Crippen molar-refractivity contribution in [3.05, 3.63) is 54.7 Å². The molecule has 0 bridgehead atoms. The lowest BCUT2D eigenvalue weighted by Crippen LogP contribution is -2.28. The van der Waals surface area contributed by atoms with E-state index in [1.54, 1.807) is 16.7 Å². The molecule has 0 spiro atoms. The highest BCUT2D eigenvalue weighted by Crippen LogP contribution is 2.37. The molecule has 1 saturated heterocycles. The average Bonchev–Trinajstić information content (AvgIpc) is 3.37. The number of hydrogen-bond acceptors (Lipinski definition) is 8. The normalized spacial score (nSPS) is 16.0. The van der Waals surface area contributed by atoms with Crippen molar-refractivity contribution < 1.29 is 14.5 Å². The second-order valence-electron chi connectivity index (χ2n) is 7.71. The molecular weight excluding hydrogens is 450 g/mol. The summed E-state index contributed by atoms with van der Waals surface area (Å²) in [7, 11) is 0. The Bertz CT molecular complexity index is 1270. The minimum atomic E-state index is -0.514. The number of aryl methyl sites for hydroxylation is 2.